The van der Waals surface area contributed by atoms with Gasteiger partial charge in [-0.1, -0.05) is 30.3 Å². The monoisotopic (exact) mass is 225 g/mol. The highest BCUT2D eigenvalue weighted by atomic mass is 16.1. The van der Waals surface area contributed by atoms with E-state index in [1.165, 1.54) is 0 Å². The third-order valence-electron chi connectivity index (χ3n) is 2.67. The number of hydrogen-bond donors (Lipinski definition) is 1. The van der Waals surface area contributed by atoms with Crippen molar-refractivity contribution >= 4 is 5.52 Å². The number of H-pyrrole nitrogens is 1. The van der Waals surface area contributed by atoms with Gasteiger partial charge in [-0.15, -0.1) is 0 Å². The van der Waals surface area contributed by atoms with Crippen LogP contribution in [0.15, 0.2) is 47.4 Å². The molecule has 2 aromatic heterocycles. The van der Waals surface area contributed by atoms with Gasteiger partial charge in [-0.3, -0.25) is 4.79 Å². The van der Waals surface area contributed by atoms with Crippen LogP contribution in [0.5, 0.6) is 0 Å². The van der Waals surface area contributed by atoms with Crippen LogP contribution in [0, 0.1) is 6.92 Å². The average molecular weight is 225 g/mol. The van der Waals surface area contributed by atoms with Gasteiger partial charge in [-0.2, -0.15) is 5.10 Å². The van der Waals surface area contributed by atoms with Gasteiger partial charge in [-0.05, 0) is 18.6 Å². The van der Waals surface area contributed by atoms with Crippen LogP contribution in [0.2, 0.25) is 0 Å². The first-order valence-electron chi connectivity index (χ1n) is 5.39. The number of aromatic nitrogens is 3. The van der Waals surface area contributed by atoms with E-state index >= 15 is 0 Å². The molecule has 0 spiro atoms. The Morgan fingerprint density at radius 3 is 2.76 bits per heavy atom. The van der Waals surface area contributed by atoms with Crippen LogP contribution in [0.4, 0.5) is 0 Å². The van der Waals surface area contributed by atoms with Gasteiger partial charge in [0.2, 0.25) is 0 Å². The quantitative estimate of drug-likeness (QED) is 0.688. The number of rotatable bonds is 1. The van der Waals surface area contributed by atoms with Gasteiger partial charge in [0.25, 0.3) is 5.56 Å². The van der Waals surface area contributed by atoms with Crippen molar-refractivity contribution in [3.05, 3.63) is 58.6 Å². The Hall–Kier alpha value is -2.36. The molecule has 0 amide bonds. The molecule has 0 bridgehead atoms. The van der Waals surface area contributed by atoms with E-state index < -0.39 is 0 Å². The average Bonchev–Trinajstić information content (AvgIpc) is 2.71. The van der Waals surface area contributed by atoms with Crippen LogP contribution in [-0.4, -0.2) is 14.6 Å². The highest BCUT2D eigenvalue weighted by Crippen LogP contribution is 2.14. The van der Waals surface area contributed by atoms with Gasteiger partial charge < -0.3 is 4.98 Å². The second-order valence-electron chi connectivity index (χ2n) is 3.98. The molecule has 0 fully saturated rings. The Morgan fingerprint density at radius 1 is 1.24 bits per heavy atom. The van der Waals surface area contributed by atoms with Crippen LogP contribution in [0.3, 0.4) is 0 Å². The predicted molar refractivity (Wildman–Crippen MR) is 66.0 cm³/mol. The Labute approximate surface area is 97.5 Å². The van der Waals surface area contributed by atoms with Crippen molar-refractivity contribution in [1.82, 2.24) is 14.6 Å². The number of fused-ring (bicyclic) bond motifs is 1. The summed E-state index contributed by atoms with van der Waals surface area (Å²) in [6, 6.07) is 11.5. The SMILES string of the molecule is Cc1cc2c(=O)[nH]c(-c3ccccc3)cn2n1. The minimum Gasteiger partial charge on any atom is -0.319 e. The summed E-state index contributed by atoms with van der Waals surface area (Å²) in [6.45, 7) is 1.87. The third kappa shape index (κ3) is 1.63. The van der Waals surface area contributed by atoms with Crippen molar-refractivity contribution in [1.29, 1.82) is 0 Å². The maximum absolute atomic E-state index is 11.9. The van der Waals surface area contributed by atoms with Crippen LogP contribution < -0.4 is 5.56 Å². The van der Waals surface area contributed by atoms with Crippen molar-refractivity contribution in [3.8, 4) is 11.3 Å². The van der Waals surface area contributed by atoms with Crippen LogP contribution in [-0.2, 0) is 0 Å². The van der Waals surface area contributed by atoms with E-state index in [1.807, 2.05) is 43.5 Å². The van der Waals surface area contributed by atoms with Crippen molar-refractivity contribution in [3.63, 3.8) is 0 Å². The topological polar surface area (TPSA) is 50.2 Å². The lowest BCUT2D eigenvalue weighted by atomic mass is 10.2. The molecule has 0 unspecified atom stereocenters. The zero-order chi connectivity index (χ0) is 11.8. The van der Waals surface area contributed by atoms with Gasteiger partial charge in [0, 0.05) is 0 Å². The molecule has 4 heteroatoms. The number of benzene rings is 1. The molecule has 4 nitrogen and oxygen atoms in total. The summed E-state index contributed by atoms with van der Waals surface area (Å²) in [6.07, 6.45) is 1.83. The summed E-state index contributed by atoms with van der Waals surface area (Å²) in [4.78, 5) is 14.7. The molecule has 0 aliphatic heterocycles. The number of aromatic amines is 1. The molecule has 0 saturated carbocycles. The van der Waals surface area contributed by atoms with Crippen LogP contribution in [0.25, 0.3) is 16.8 Å². The first-order chi connectivity index (χ1) is 8.24. The summed E-state index contributed by atoms with van der Waals surface area (Å²) >= 11 is 0. The summed E-state index contributed by atoms with van der Waals surface area (Å²) < 4.78 is 1.62. The fraction of sp³-hybridized carbons (Fsp3) is 0.0769. The molecule has 0 aliphatic carbocycles. The van der Waals surface area contributed by atoms with Gasteiger partial charge in [-0.25, -0.2) is 4.52 Å². The normalized spacial score (nSPS) is 10.9. The minimum atomic E-state index is -0.119. The Balaban J connectivity index is 2.29. The highest BCUT2D eigenvalue weighted by Gasteiger charge is 2.05. The fourth-order valence-electron chi connectivity index (χ4n) is 1.89. The van der Waals surface area contributed by atoms with Crippen LogP contribution in [0.1, 0.15) is 5.69 Å². The molecule has 3 rings (SSSR count). The molecule has 0 atom stereocenters. The van der Waals surface area contributed by atoms with Gasteiger partial charge >= 0.3 is 0 Å². The second kappa shape index (κ2) is 3.59. The van der Waals surface area contributed by atoms with Crippen molar-refractivity contribution in [2.75, 3.05) is 0 Å². The molecule has 0 saturated heterocycles. The summed E-state index contributed by atoms with van der Waals surface area (Å²) in [5.74, 6) is 0. The second-order valence-corrected chi connectivity index (χ2v) is 3.98. The van der Waals surface area contributed by atoms with E-state index in [1.54, 1.807) is 10.6 Å². The maximum atomic E-state index is 11.9. The molecular weight excluding hydrogens is 214 g/mol. The van der Waals surface area contributed by atoms with E-state index in [4.69, 9.17) is 0 Å². The lowest BCUT2D eigenvalue weighted by Crippen LogP contribution is -2.10. The standard InChI is InChI=1S/C13H11N3O/c1-9-7-12-13(17)14-11(8-16(12)15-9)10-5-3-2-4-6-10/h2-8H,1H3,(H,14,17). The zero-order valence-corrected chi connectivity index (χ0v) is 9.34. The molecule has 2 heterocycles. The van der Waals surface area contributed by atoms with E-state index in [0.29, 0.717) is 5.52 Å². The zero-order valence-electron chi connectivity index (χ0n) is 9.34. The number of aryl methyl sites for hydroxylation is 1. The highest BCUT2D eigenvalue weighted by molar-refractivity contribution is 5.60. The molecule has 1 N–H and O–H groups in total. The summed E-state index contributed by atoms with van der Waals surface area (Å²) in [5.41, 5.74) is 3.03. The molecule has 0 radical (unpaired) electrons. The van der Waals surface area contributed by atoms with Gasteiger partial charge in [0.05, 0.1) is 17.6 Å². The minimum absolute atomic E-state index is 0.119. The van der Waals surface area contributed by atoms with Gasteiger partial charge in [0.15, 0.2) is 0 Å². The molecular formula is C13H11N3O. The van der Waals surface area contributed by atoms with Crippen molar-refractivity contribution in [2.45, 2.75) is 6.92 Å². The molecule has 84 valence electrons. The lowest BCUT2D eigenvalue weighted by molar-refractivity contribution is 0.917. The maximum Gasteiger partial charge on any atom is 0.274 e. The predicted octanol–water partition coefficient (Wildman–Crippen LogP) is 2.00. The first kappa shape index (κ1) is 9.84. The smallest absolute Gasteiger partial charge is 0.274 e. The molecule has 0 aliphatic rings. The van der Waals surface area contributed by atoms with Crippen molar-refractivity contribution < 1.29 is 0 Å². The Morgan fingerprint density at radius 2 is 2.00 bits per heavy atom. The van der Waals surface area contributed by atoms with E-state index in [9.17, 15) is 4.79 Å². The largest absolute Gasteiger partial charge is 0.319 e. The summed E-state index contributed by atoms with van der Waals surface area (Å²) in [5, 5.41) is 4.26. The van der Waals surface area contributed by atoms with Crippen LogP contribution >= 0.6 is 0 Å². The van der Waals surface area contributed by atoms with E-state index in [-0.39, 0.29) is 5.56 Å². The lowest BCUT2D eigenvalue weighted by Gasteiger charge is -2.01. The fourth-order valence-corrected chi connectivity index (χ4v) is 1.89. The Bertz CT molecular complexity index is 725. The number of hydrogen-bond acceptors (Lipinski definition) is 2. The van der Waals surface area contributed by atoms with E-state index in [0.717, 1.165) is 17.0 Å². The van der Waals surface area contributed by atoms with Crippen molar-refractivity contribution in [2.24, 2.45) is 0 Å². The van der Waals surface area contributed by atoms with Gasteiger partial charge in [0.1, 0.15) is 5.52 Å². The number of nitrogens with one attached hydrogen (secondary N) is 1. The first-order valence-corrected chi connectivity index (χ1v) is 5.39. The number of nitrogens with zero attached hydrogens (tertiary/aromatic N) is 2. The van der Waals surface area contributed by atoms with E-state index in [2.05, 4.69) is 10.1 Å². The summed E-state index contributed by atoms with van der Waals surface area (Å²) in [7, 11) is 0. The third-order valence-corrected chi connectivity index (χ3v) is 2.67. The Kier molecular flexibility index (Phi) is 2.08. The molecule has 1 aromatic carbocycles. The molecule has 17 heavy (non-hydrogen) atoms. The molecule has 3 aromatic rings.